The van der Waals surface area contributed by atoms with Crippen molar-refractivity contribution < 1.29 is 37.1 Å². The highest BCUT2D eigenvalue weighted by molar-refractivity contribution is 7.07. The summed E-state index contributed by atoms with van der Waals surface area (Å²) in [5.41, 5.74) is -0.646. The number of ether oxygens (including phenoxy) is 1. The van der Waals surface area contributed by atoms with Crippen LogP contribution in [0.2, 0.25) is 0 Å². The SMILES string of the molecule is COc1ccc(C(F)(F)C(=O)N[C@@H](C)C(=O)Nc2ccc(C[C@@H](NC(=O)c3cnns3)C(=O)N3CCN(C)CC3)cc2F)cn1. The van der Waals surface area contributed by atoms with E-state index in [4.69, 9.17) is 4.74 Å². The Kier molecular flexibility index (Phi) is 10.7. The molecule has 0 aliphatic carbocycles. The second-order valence-electron chi connectivity index (χ2n) is 10.3. The van der Waals surface area contributed by atoms with Crippen molar-refractivity contribution in [2.24, 2.45) is 0 Å². The Morgan fingerprint density at radius 2 is 1.80 bits per heavy atom. The number of nitrogens with zero attached hydrogens (tertiary/aromatic N) is 5. The first-order chi connectivity index (χ1) is 21.4. The molecule has 3 heterocycles. The van der Waals surface area contributed by atoms with Crippen LogP contribution in [0.15, 0.2) is 42.7 Å². The third kappa shape index (κ3) is 8.30. The summed E-state index contributed by atoms with van der Waals surface area (Å²) in [5, 5.41) is 10.5. The molecule has 3 N–H and O–H groups in total. The summed E-state index contributed by atoms with van der Waals surface area (Å²) in [7, 11) is 3.24. The number of piperazine rings is 1. The topological polar surface area (TPSA) is 159 Å². The third-order valence-electron chi connectivity index (χ3n) is 7.07. The second-order valence-corrected chi connectivity index (χ2v) is 11.1. The minimum Gasteiger partial charge on any atom is -0.481 e. The van der Waals surface area contributed by atoms with E-state index in [9.17, 15) is 28.0 Å². The van der Waals surface area contributed by atoms with E-state index in [2.05, 4.69) is 30.1 Å². The van der Waals surface area contributed by atoms with Gasteiger partial charge in [0.25, 0.3) is 11.8 Å². The average molecular weight is 649 g/mol. The molecule has 13 nitrogen and oxygen atoms in total. The van der Waals surface area contributed by atoms with Gasteiger partial charge in [0.15, 0.2) is 0 Å². The van der Waals surface area contributed by atoms with Gasteiger partial charge < -0.3 is 30.5 Å². The predicted molar refractivity (Wildman–Crippen MR) is 156 cm³/mol. The number of halogens is 3. The summed E-state index contributed by atoms with van der Waals surface area (Å²) in [6.45, 7) is 3.39. The number of carbonyl (C=O) groups excluding carboxylic acids is 4. The number of likely N-dealkylation sites (N-methyl/N-ethyl adjacent to an activating group) is 1. The summed E-state index contributed by atoms with van der Waals surface area (Å²) in [6, 6.07) is 3.43. The molecule has 0 spiro atoms. The largest absolute Gasteiger partial charge is 0.481 e. The van der Waals surface area contributed by atoms with Crippen molar-refractivity contribution in [2.45, 2.75) is 31.4 Å². The Hall–Kier alpha value is -4.64. The lowest BCUT2D eigenvalue weighted by Crippen LogP contribution is -2.54. The molecule has 45 heavy (non-hydrogen) atoms. The fourth-order valence-corrected chi connectivity index (χ4v) is 4.80. The molecule has 1 aromatic carbocycles. The van der Waals surface area contributed by atoms with Crippen molar-refractivity contribution in [1.82, 2.24) is 35.0 Å². The van der Waals surface area contributed by atoms with Crippen LogP contribution in [-0.4, -0.2) is 100 Å². The maximum Gasteiger partial charge on any atom is 0.351 e. The Morgan fingerprint density at radius 1 is 1.07 bits per heavy atom. The molecular weight excluding hydrogens is 617 g/mol. The van der Waals surface area contributed by atoms with E-state index in [1.807, 2.05) is 12.4 Å². The zero-order valence-corrected chi connectivity index (χ0v) is 25.4. The lowest BCUT2D eigenvalue weighted by molar-refractivity contribution is -0.148. The molecule has 17 heteroatoms. The van der Waals surface area contributed by atoms with E-state index in [0.717, 1.165) is 42.9 Å². The second kappa shape index (κ2) is 14.4. The molecule has 4 amide bonds. The van der Waals surface area contributed by atoms with Crippen molar-refractivity contribution in [1.29, 1.82) is 0 Å². The number of methoxy groups -OCH3 is 1. The Balaban J connectivity index is 1.41. The number of alkyl halides is 2. The Bertz CT molecular complexity index is 1520. The number of anilines is 1. The fourth-order valence-electron chi connectivity index (χ4n) is 4.38. The van der Waals surface area contributed by atoms with Gasteiger partial charge >= 0.3 is 5.92 Å². The Morgan fingerprint density at radius 3 is 2.40 bits per heavy atom. The van der Waals surface area contributed by atoms with Crippen LogP contribution in [0.25, 0.3) is 0 Å². The number of benzene rings is 1. The number of nitrogens with one attached hydrogen (secondary N) is 3. The van der Waals surface area contributed by atoms with Gasteiger partial charge in [-0.3, -0.25) is 19.2 Å². The number of rotatable bonds is 11. The van der Waals surface area contributed by atoms with Crippen LogP contribution in [0.5, 0.6) is 5.88 Å². The summed E-state index contributed by atoms with van der Waals surface area (Å²) >= 11 is 0.864. The van der Waals surface area contributed by atoms with E-state index in [-0.39, 0.29) is 28.8 Å². The van der Waals surface area contributed by atoms with Crippen molar-refractivity contribution in [3.05, 3.63) is 64.5 Å². The maximum absolute atomic E-state index is 15.1. The number of hydrogen-bond acceptors (Lipinski definition) is 10. The zero-order valence-electron chi connectivity index (χ0n) is 24.6. The highest BCUT2D eigenvalue weighted by atomic mass is 32.1. The fraction of sp³-hybridized carbons (Fsp3) is 0.393. The minimum absolute atomic E-state index is 0.0595. The molecule has 0 radical (unpaired) electrons. The zero-order chi connectivity index (χ0) is 32.7. The standard InChI is InChI=1S/C28H31F3N8O5S/c1-16(34-27(43)28(30,31)18-5-7-23(44-3)32-14-18)24(40)35-20-6-4-17(12-19(20)29)13-21(36-25(41)22-15-33-37-45-22)26(42)39-10-8-38(2)9-11-39/h4-7,12,14-16,21H,8-11,13H2,1-3H3,(H,34,43)(H,35,40)(H,36,41)/t16-,21+/m0/s1. The van der Waals surface area contributed by atoms with Crippen molar-refractivity contribution in [3.63, 3.8) is 0 Å². The molecule has 4 rings (SSSR count). The van der Waals surface area contributed by atoms with Crippen LogP contribution in [0.4, 0.5) is 18.9 Å². The van der Waals surface area contributed by atoms with Gasteiger partial charge in [0.1, 0.15) is 22.8 Å². The van der Waals surface area contributed by atoms with Crippen LogP contribution >= 0.6 is 11.5 Å². The number of amides is 4. The molecule has 2 atom stereocenters. The molecule has 0 unspecified atom stereocenters. The first-order valence-electron chi connectivity index (χ1n) is 13.7. The van der Waals surface area contributed by atoms with E-state index < -0.39 is 47.1 Å². The number of pyridine rings is 1. The number of carbonyl (C=O) groups is 4. The first-order valence-corrected chi connectivity index (χ1v) is 14.5. The molecule has 0 saturated carbocycles. The summed E-state index contributed by atoms with van der Waals surface area (Å²) < 4.78 is 52.9. The minimum atomic E-state index is -4.01. The van der Waals surface area contributed by atoms with Gasteiger partial charge in [0.2, 0.25) is 17.7 Å². The monoisotopic (exact) mass is 648 g/mol. The lowest BCUT2D eigenvalue weighted by atomic mass is 10.0. The van der Waals surface area contributed by atoms with Crippen LogP contribution < -0.4 is 20.7 Å². The molecule has 1 saturated heterocycles. The normalized spacial score (nSPS) is 15.1. The van der Waals surface area contributed by atoms with Gasteiger partial charge in [0, 0.05) is 50.4 Å². The quantitative estimate of drug-likeness (QED) is 0.280. The molecule has 1 aliphatic rings. The van der Waals surface area contributed by atoms with Crippen molar-refractivity contribution >= 4 is 40.8 Å². The molecule has 2 aromatic heterocycles. The maximum atomic E-state index is 15.1. The van der Waals surface area contributed by atoms with E-state index >= 15 is 4.39 Å². The predicted octanol–water partition coefficient (Wildman–Crippen LogP) is 1.43. The average Bonchev–Trinajstić information content (AvgIpc) is 3.57. The summed E-state index contributed by atoms with van der Waals surface area (Å²) in [5.74, 6) is -8.40. The van der Waals surface area contributed by atoms with Crippen LogP contribution in [0.1, 0.15) is 27.7 Å². The number of aromatic nitrogens is 3. The van der Waals surface area contributed by atoms with E-state index in [1.54, 1.807) is 4.90 Å². The van der Waals surface area contributed by atoms with Crippen LogP contribution in [-0.2, 0) is 26.7 Å². The van der Waals surface area contributed by atoms with E-state index in [1.165, 1.54) is 25.4 Å². The summed E-state index contributed by atoms with van der Waals surface area (Å²) in [4.78, 5) is 58.6. The van der Waals surface area contributed by atoms with Gasteiger partial charge in [-0.25, -0.2) is 9.37 Å². The van der Waals surface area contributed by atoms with Gasteiger partial charge in [0.05, 0.1) is 19.0 Å². The summed E-state index contributed by atoms with van der Waals surface area (Å²) in [6.07, 6.45) is 2.00. The smallest absolute Gasteiger partial charge is 0.351 e. The molecular formula is C28H31F3N8O5S. The molecule has 240 valence electrons. The molecule has 1 aliphatic heterocycles. The molecule has 1 fully saturated rings. The third-order valence-corrected chi connectivity index (χ3v) is 7.73. The Labute approximate surface area is 260 Å². The van der Waals surface area contributed by atoms with Crippen LogP contribution in [0.3, 0.4) is 0 Å². The highest BCUT2D eigenvalue weighted by Gasteiger charge is 2.42. The van der Waals surface area contributed by atoms with Gasteiger partial charge in [-0.15, -0.1) is 5.10 Å². The first kappa shape index (κ1) is 33.3. The van der Waals surface area contributed by atoms with Crippen molar-refractivity contribution in [2.75, 3.05) is 45.7 Å². The highest BCUT2D eigenvalue weighted by Crippen LogP contribution is 2.29. The molecule has 0 bridgehead atoms. The van der Waals surface area contributed by atoms with Gasteiger partial charge in [-0.2, -0.15) is 8.78 Å². The van der Waals surface area contributed by atoms with E-state index in [0.29, 0.717) is 31.7 Å². The van der Waals surface area contributed by atoms with Gasteiger partial charge in [-0.05, 0) is 49.3 Å². The van der Waals surface area contributed by atoms with Crippen molar-refractivity contribution in [3.8, 4) is 5.88 Å². The van der Waals surface area contributed by atoms with Gasteiger partial charge in [-0.1, -0.05) is 10.6 Å². The number of hydrogen-bond donors (Lipinski definition) is 3. The molecule has 3 aromatic rings. The lowest BCUT2D eigenvalue weighted by Gasteiger charge is -2.34. The van der Waals surface area contributed by atoms with Crippen LogP contribution in [0, 0.1) is 5.82 Å².